The van der Waals surface area contributed by atoms with E-state index < -0.39 is 27.2 Å². The van der Waals surface area contributed by atoms with Crippen LogP contribution in [0.5, 0.6) is 0 Å². The average Bonchev–Trinajstić information content (AvgIpc) is 2.92. The molecule has 0 N–H and O–H groups in total. The van der Waals surface area contributed by atoms with E-state index in [1.54, 1.807) is 54.6 Å². The molecule has 0 aromatic heterocycles. The largest absolute Gasteiger partial charge is 0.456 e. The number of ether oxygens (including phenoxy) is 1. The van der Waals surface area contributed by atoms with E-state index in [4.69, 9.17) is 4.74 Å². The summed E-state index contributed by atoms with van der Waals surface area (Å²) < 4.78 is 30.7. The van der Waals surface area contributed by atoms with E-state index >= 15 is 0 Å². The molecule has 0 saturated carbocycles. The molecule has 2 aromatic carbocycles. The second-order valence-corrected chi connectivity index (χ2v) is 7.09. The van der Waals surface area contributed by atoms with Gasteiger partial charge in [0.15, 0.2) is 9.84 Å². The van der Waals surface area contributed by atoms with Gasteiger partial charge in [-0.3, -0.25) is 4.79 Å². The Morgan fingerprint density at radius 2 is 1.48 bits per heavy atom. The van der Waals surface area contributed by atoms with Crippen LogP contribution in [0.1, 0.15) is 18.1 Å². The van der Waals surface area contributed by atoms with Crippen LogP contribution in [0, 0.1) is 0 Å². The second kappa shape index (κ2) is 5.33. The number of cyclic esters (lactones) is 1. The first-order valence-corrected chi connectivity index (χ1v) is 8.17. The quantitative estimate of drug-likeness (QED) is 0.817. The van der Waals surface area contributed by atoms with Crippen molar-refractivity contribution in [2.24, 2.45) is 0 Å². The first-order valence-electron chi connectivity index (χ1n) is 6.62. The highest BCUT2D eigenvalue weighted by Crippen LogP contribution is 2.37. The van der Waals surface area contributed by atoms with Gasteiger partial charge in [-0.2, -0.15) is 0 Å². The molecule has 0 aliphatic carbocycles. The lowest BCUT2D eigenvalue weighted by Crippen LogP contribution is -2.24. The Morgan fingerprint density at radius 3 is 2.10 bits per heavy atom. The molecule has 1 aliphatic heterocycles. The Morgan fingerprint density at radius 1 is 0.905 bits per heavy atom. The van der Waals surface area contributed by atoms with Crippen LogP contribution in [0.15, 0.2) is 65.6 Å². The Hall–Kier alpha value is -2.14. The molecule has 1 saturated heterocycles. The molecule has 1 fully saturated rings. The highest BCUT2D eigenvalue weighted by Gasteiger charge is 2.44. The minimum absolute atomic E-state index is 0.114. The predicted octanol–water partition coefficient (Wildman–Crippen LogP) is 2.52. The Labute approximate surface area is 123 Å². The standard InChI is InChI=1S/C16H14O4S/c17-15-11-14(16(20-15)12-7-3-1-4-8-12)21(18,19)13-9-5-2-6-10-13/h1-10,14,16H,11H2/t14-,16-/m0/s1. The van der Waals surface area contributed by atoms with E-state index in [9.17, 15) is 13.2 Å². The number of hydrogen-bond donors (Lipinski definition) is 0. The van der Waals surface area contributed by atoms with Crippen molar-refractivity contribution in [3.05, 3.63) is 66.2 Å². The summed E-state index contributed by atoms with van der Waals surface area (Å²) in [6.07, 6.45) is -0.861. The third kappa shape index (κ3) is 2.56. The Kier molecular flexibility index (Phi) is 3.51. The summed E-state index contributed by atoms with van der Waals surface area (Å²) in [5, 5.41) is -0.880. The molecule has 0 spiro atoms. The van der Waals surface area contributed by atoms with E-state index in [1.807, 2.05) is 6.07 Å². The number of esters is 1. The molecule has 0 radical (unpaired) electrons. The van der Waals surface area contributed by atoms with Gasteiger partial charge in [0.05, 0.1) is 11.3 Å². The van der Waals surface area contributed by atoms with E-state index in [-0.39, 0.29) is 11.3 Å². The summed E-state index contributed by atoms with van der Waals surface area (Å²) in [4.78, 5) is 11.8. The third-order valence-corrected chi connectivity index (χ3v) is 5.70. The zero-order chi connectivity index (χ0) is 14.9. The lowest BCUT2D eigenvalue weighted by atomic mass is 10.1. The van der Waals surface area contributed by atoms with Gasteiger partial charge in [0.25, 0.3) is 0 Å². The molecule has 3 rings (SSSR count). The number of carbonyl (C=O) groups excluding carboxylic acids is 1. The van der Waals surface area contributed by atoms with Crippen molar-refractivity contribution in [1.82, 2.24) is 0 Å². The number of carbonyl (C=O) groups is 1. The van der Waals surface area contributed by atoms with Gasteiger partial charge in [-0.25, -0.2) is 8.42 Å². The smallest absolute Gasteiger partial charge is 0.307 e. The van der Waals surface area contributed by atoms with Crippen molar-refractivity contribution >= 4 is 15.8 Å². The lowest BCUT2D eigenvalue weighted by Gasteiger charge is -2.18. The molecular formula is C16H14O4S. The maximum atomic E-state index is 12.7. The van der Waals surface area contributed by atoms with Crippen LogP contribution < -0.4 is 0 Å². The van der Waals surface area contributed by atoms with Crippen molar-refractivity contribution in [2.75, 3.05) is 0 Å². The zero-order valence-electron chi connectivity index (χ0n) is 11.2. The predicted molar refractivity (Wildman–Crippen MR) is 77.3 cm³/mol. The van der Waals surface area contributed by atoms with Gasteiger partial charge in [-0.15, -0.1) is 0 Å². The highest BCUT2D eigenvalue weighted by molar-refractivity contribution is 7.92. The monoisotopic (exact) mass is 302 g/mol. The number of benzene rings is 2. The number of hydrogen-bond acceptors (Lipinski definition) is 4. The third-order valence-electron chi connectivity index (χ3n) is 3.56. The van der Waals surface area contributed by atoms with E-state index in [0.29, 0.717) is 5.56 Å². The molecule has 21 heavy (non-hydrogen) atoms. The summed E-state index contributed by atoms with van der Waals surface area (Å²) in [5.41, 5.74) is 0.702. The maximum absolute atomic E-state index is 12.7. The van der Waals surface area contributed by atoms with Crippen LogP contribution >= 0.6 is 0 Å². The SMILES string of the molecule is O=C1C[C@H](S(=O)(=O)c2ccccc2)[C@H](c2ccccc2)O1. The number of rotatable bonds is 3. The fourth-order valence-electron chi connectivity index (χ4n) is 2.52. The van der Waals surface area contributed by atoms with Crippen LogP contribution in [-0.4, -0.2) is 19.6 Å². The summed E-state index contributed by atoms with van der Waals surface area (Å²) in [6, 6.07) is 17.2. The molecule has 0 bridgehead atoms. The maximum Gasteiger partial charge on any atom is 0.307 e. The lowest BCUT2D eigenvalue weighted by molar-refractivity contribution is -0.141. The fourth-order valence-corrected chi connectivity index (χ4v) is 4.30. The summed E-state index contributed by atoms with van der Waals surface area (Å²) >= 11 is 0. The van der Waals surface area contributed by atoms with Gasteiger partial charge >= 0.3 is 5.97 Å². The van der Waals surface area contributed by atoms with Gasteiger partial charge in [0.2, 0.25) is 0 Å². The summed E-state index contributed by atoms with van der Waals surface area (Å²) in [7, 11) is -3.61. The highest BCUT2D eigenvalue weighted by atomic mass is 32.2. The molecule has 0 amide bonds. The van der Waals surface area contributed by atoms with Crippen molar-refractivity contribution < 1.29 is 17.9 Å². The van der Waals surface area contributed by atoms with E-state index in [0.717, 1.165) is 0 Å². The van der Waals surface area contributed by atoms with E-state index in [2.05, 4.69) is 0 Å². The second-order valence-electron chi connectivity index (χ2n) is 4.92. The van der Waals surface area contributed by atoms with Crippen molar-refractivity contribution in [3.63, 3.8) is 0 Å². The minimum Gasteiger partial charge on any atom is -0.456 e. The topological polar surface area (TPSA) is 60.4 Å². The zero-order valence-corrected chi connectivity index (χ0v) is 12.0. The molecule has 4 nitrogen and oxygen atoms in total. The van der Waals surface area contributed by atoms with Crippen LogP contribution in [-0.2, 0) is 19.4 Å². The van der Waals surface area contributed by atoms with Crippen molar-refractivity contribution in [2.45, 2.75) is 22.7 Å². The minimum atomic E-state index is -3.61. The van der Waals surface area contributed by atoms with Gasteiger partial charge < -0.3 is 4.74 Å². The van der Waals surface area contributed by atoms with Gasteiger partial charge in [-0.1, -0.05) is 48.5 Å². The average molecular weight is 302 g/mol. The van der Waals surface area contributed by atoms with Gasteiger partial charge in [-0.05, 0) is 17.7 Å². The Bertz CT molecular complexity index is 738. The van der Waals surface area contributed by atoms with Gasteiger partial charge in [0, 0.05) is 0 Å². The molecule has 108 valence electrons. The van der Waals surface area contributed by atoms with Crippen LogP contribution in [0.2, 0.25) is 0 Å². The molecule has 1 heterocycles. The first-order chi connectivity index (χ1) is 10.1. The van der Waals surface area contributed by atoms with E-state index in [1.165, 1.54) is 0 Å². The molecule has 0 unspecified atom stereocenters. The van der Waals surface area contributed by atoms with Crippen molar-refractivity contribution in [3.8, 4) is 0 Å². The normalized spacial score (nSPS) is 22.0. The van der Waals surface area contributed by atoms with Crippen LogP contribution in [0.3, 0.4) is 0 Å². The first kappa shape index (κ1) is 13.8. The number of sulfone groups is 1. The van der Waals surface area contributed by atoms with Gasteiger partial charge in [0.1, 0.15) is 11.4 Å². The fraction of sp³-hybridized carbons (Fsp3) is 0.188. The molecule has 5 heteroatoms. The summed E-state index contributed by atoms with van der Waals surface area (Å²) in [5.74, 6) is -0.478. The Balaban J connectivity index is 2.02. The molecular weight excluding hydrogens is 288 g/mol. The van der Waals surface area contributed by atoms with Crippen LogP contribution in [0.4, 0.5) is 0 Å². The van der Waals surface area contributed by atoms with Crippen molar-refractivity contribution in [1.29, 1.82) is 0 Å². The molecule has 2 aromatic rings. The molecule has 1 aliphatic rings. The molecule has 2 atom stereocenters. The van der Waals surface area contributed by atoms with Crippen LogP contribution in [0.25, 0.3) is 0 Å². The summed E-state index contributed by atoms with van der Waals surface area (Å²) in [6.45, 7) is 0.